The molecule has 20 heavy (non-hydrogen) atoms. The minimum absolute atomic E-state index is 0.357. The van der Waals surface area contributed by atoms with Crippen LogP contribution in [0.3, 0.4) is 0 Å². The van der Waals surface area contributed by atoms with E-state index in [4.69, 9.17) is 13.7 Å². The van der Waals surface area contributed by atoms with Crippen LogP contribution in [0.15, 0.2) is 29.1 Å². The van der Waals surface area contributed by atoms with E-state index < -0.39 is 18.3 Å². The zero-order valence-corrected chi connectivity index (χ0v) is 12.0. The van der Waals surface area contributed by atoms with Gasteiger partial charge in [0.05, 0.1) is 17.4 Å². The standard InChI is InChI=1S/C13H16BN3O3/c1-12(2)13(3,4)20-14(19-12)9-8-17-11(18-9)10-15-6-5-7-16-10/h5-8H,1-4H3. The van der Waals surface area contributed by atoms with E-state index in [9.17, 15) is 0 Å². The van der Waals surface area contributed by atoms with E-state index in [0.29, 0.717) is 17.4 Å². The van der Waals surface area contributed by atoms with E-state index >= 15 is 0 Å². The SMILES string of the molecule is CC1(C)OB(c2cnc(-c3ncccn3)o2)OC1(C)C. The van der Waals surface area contributed by atoms with Crippen LogP contribution in [0.2, 0.25) is 0 Å². The van der Waals surface area contributed by atoms with Gasteiger partial charge in [-0.1, -0.05) is 0 Å². The van der Waals surface area contributed by atoms with Crippen LogP contribution in [0.1, 0.15) is 27.7 Å². The van der Waals surface area contributed by atoms with Gasteiger partial charge in [0, 0.05) is 12.4 Å². The molecule has 0 bridgehead atoms. The quantitative estimate of drug-likeness (QED) is 0.771. The average molecular weight is 273 g/mol. The third-order valence-corrected chi connectivity index (χ3v) is 3.77. The Balaban J connectivity index is 1.86. The highest BCUT2D eigenvalue weighted by Crippen LogP contribution is 2.36. The molecule has 1 aliphatic rings. The maximum atomic E-state index is 5.90. The van der Waals surface area contributed by atoms with Crippen LogP contribution in [0.25, 0.3) is 11.7 Å². The molecule has 0 saturated carbocycles. The fourth-order valence-corrected chi connectivity index (χ4v) is 1.87. The number of rotatable bonds is 2. The van der Waals surface area contributed by atoms with Crippen LogP contribution in [-0.4, -0.2) is 33.3 Å². The summed E-state index contributed by atoms with van der Waals surface area (Å²) in [5.41, 5.74) is -0.298. The lowest BCUT2D eigenvalue weighted by molar-refractivity contribution is 0.00578. The molecule has 0 aromatic carbocycles. The van der Waals surface area contributed by atoms with E-state index in [1.807, 2.05) is 27.7 Å². The monoisotopic (exact) mass is 273 g/mol. The lowest BCUT2D eigenvalue weighted by atomic mass is 9.87. The predicted molar refractivity (Wildman–Crippen MR) is 73.2 cm³/mol. The summed E-state index contributed by atoms with van der Waals surface area (Å²) >= 11 is 0. The Kier molecular flexibility index (Phi) is 2.91. The molecule has 3 heterocycles. The highest BCUT2D eigenvalue weighted by Gasteiger charge is 2.53. The van der Waals surface area contributed by atoms with Gasteiger partial charge in [-0.25, -0.2) is 15.0 Å². The molecule has 0 aliphatic carbocycles. The van der Waals surface area contributed by atoms with Crippen molar-refractivity contribution < 1.29 is 13.7 Å². The normalized spacial score (nSPS) is 20.3. The molecule has 6 nitrogen and oxygen atoms in total. The van der Waals surface area contributed by atoms with Crippen molar-refractivity contribution in [2.45, 2.75) is 38.9 Å². The molecule has 1 aliphatic heterocycles. The van der Waals surface area contributed by atoms with Crippen molar-refractivity contribution in [3.05, 3.63) is 24.7 Å². The van der Waals surface area contributed by atoms with Crippen molar-refractivity contribution >= 4 is 12.8 Å². The molecule has 0 unspecified atom stereocenters. The smallest absolute Gasteiger partial charge is 0.443 e. The van der Waals surface area contributed by atoms with Gasteiger partial charge < -0.3 is 13.7 Å². The molecule has 1 fully saturated rings. The predicted octanol–water partition coefficient (Wildman–Crippen LogP) is 1.43. The highest BCUT2D eigenvalue weighted by molar-refractivity contribution is 6.60. The fourth-order valence-electron chi connectivity index (χ4n) is 1.87. The zero-order valence-electron chi connectivity index (χ0n) is 12.0. The van der Waals surface area contributed by atoms with Gasteiger partial charge in [-0.15, -0.1) is 0 Å². The second-order valence-electron chi connectivity index (χ2n) is 5.73. The molecule has 2 aromatic heterocycles. The van der Waals surface area contributed by atoms with Crippen LogP contribution < -0.4 is 5.66 Å². The molecule has 104 valence electrons. The highest BCUT2D eigenvalue weighted by atomic mass is 16.7. The summed E-state index contributed by atoms with van der Waals surface area (Å²) < 4.78 is 17.5. The number of hydrogen-bond donors (Lipinski definition) is 0. The third-order valence-electron chi connectivity index (χ3n) is 3.77. The molecular formula is C13H16BN3O3. The molecule has 3 rings (SSSR count). The Bertz CT molecular complexity index is 596. The minimum atomic E-state index is -0.565. The Morgan fingerprint density at radius 3 is 2.15 bits per heavy atom. The summed E-state index contributed by atoms with van der Waals surface area (Å²) in [7, 11) is -0.565. The molecule has 0 N–H and O–H groups in total. The first-order valence-corrected chi connectivity index (χ1v) is 6.48. The van der Waals surface area contributed by atoms with E-state index in [2.05, 4.69) is 15.0 Å². The summed E-state index contributed by atoms with van der Waals surface area (Å²) in [4.78, 5) is 12.4. The van der Waals surface area contributed by atoms with Gasteiger partial charge in [0.2, 0.25) is 5.82 Å². The van der Waals surface area contributed by atoms with Gasteiger partial charge >= 0.3 is 7.12 Å². The van der Waals surface area contributed by atoms with Crippen molar-refractivity contribution in [3.8, 4) is 11.7 Å². The van der Waals surface area contributed by atoms with Crippen molar-refractivity contribution in [2.75, 3.05) is 0 Å². The molecular weight excluding hydrogens is 257 g/mol. The van der Waals surface area contributed by atoms with E-state index in [1.165, 1.54) is 0 Å². The van der Waals surface area contributed by atoms with Crippen LogP contribution in [0.4, 0.5) is 0 Å². The topological polar surface area (TPSA) is 70.3 Å². The summed E-state index contributed by atoms with van der Waals surface area (Å²) in [6, 6.07) is 1.74. The van der Waals surface area contributed by atoms with Crippen LogP contribution in [-0.2, 0) is 9.31 Å². The minimum Gasteiger partial charge on any atom is -0.443 e. The lowest BCUT2D eigenvalue weighted by Crippen LogP contribution is -2.41. The number of oxazole rings is 1. The largest absolute Gasteiger partial charge is 0.534 e. The lowest BCUT2D eigenvalue weighted by Gasteiger charge is -2.32. The van der Waals surface area contributed by atoms with Gasteiger partial charge in [-0.2, -0.15) is 0 Å². The molecule has 1 saturated heterocycles. The van der Waals surface area contributed by atoms with E-state index in [-0.39, 0.29) is 0 Å². The molecule has 0 radical (unpaired) electrons. The van der Waals surface area contributed by atoms with Gasteiger partial charge in [-0.05, 0) is 33.8 Å². The maximum Gasteiger partial charge on any atom is 0.534 e. The summed E-state index contributed by atoms with van der Waals surface area (Å²) in [5.74, 6) is 0.797. The van der Waals surface area contributed by atoms with E-state index in [1.54, 1.807) is 24.7 Å². The summed E-state index contributed by atoms with van der Waals surface area (Å²) in [5, 5.41) is 0. The Morgan fingerprint density at radius 1 is 0.950 bits per heavy atom. The van der Waals surface area contributed by atoms with Gasteiger partial charge in [0.25, 0.3) is 5.89 Å². The Morgan fingerprint density at radius 2 is 1.55 bits per heavy atom. The first-order valence-electron chi connectivity index (χ1n) is 6.48. The first-order chi connectivity index (χ1) is 9.39. The summed E-state index contributed by atoms with van der Waals surface area (Å²) in [6.45, 7) is 7.96. The number of nitrogens with zero attached hydrogens (tertiary/aromatic N) is 3. The first kappa shape index (κ1) is 13.3. The molecule has 0 spiro atoms. The van der Waals surface area contributed by atoms with Crippen LogP contribution in [0.5, 0.6) is 0 Å². The summed E-state index contributed by atoms with van der Waals surface area (Å²) in [6.07, 6.45) is 4.87. The van der Waals surface area contributed by atoms with Crippen molar-refractivity contribution in [2.24, 2.45) is 0 Å². The van der Waals surface area contributed by atoms with Crippen LogP contribution in [0, 0.1) is 0 Å². The van der Waals surface area contributed by atoms with Gasteiger partial charge in [0.15, 0.2) is 5.66 Å². The average Bonchev–Trinajstić information content (AvgIpc) is 2.94. The fraction of sp³-hybridized carbons (Fsp3) is 0.462. The Hall–Kier alpha value is -1.73. The van der Waals surface area contributed by atoms with E-state index in [0.717, 1.165) is 0 Å². The molecule has 7 heteroatoms. The zero-order chi connectivity index (χ0) is 14.4. The van der Waals surface area contributed by atoms with Crippen LogP contribution >= 0.6 is 0 Å². The molecule has 0 atom stereocenters. The van der Waals surface area contributed by atoms with Crippen molar-refractivity contribution in [3.63, 3.8) is 0 Å². The van der Waals surface area contributed by atoms with Crippen molar-refractivity contribution in [1.82, 2.24) is 15.0 Å². The number of hydrogen-bond acceptors (Lipinski definition) is 6. The van der Waals surface area contributed by atoms with Crippen molar-refractivity contribution in [1.29, 1.82) is 0 Å². The third kappa shape index (κ3) is 2.12. The Labute approximate surface area is 117 Å². The molecule has 0 amide bonds. The number of aromatic nitrogens is 3. The van der Waals surface area contributed by atoms with Gasteiger partial charge in [-0.3, -0.25) is 0 Å². The molecule has 2 aromatic rings. The van der Waals surface area contributed by atoms with Gasteiger partial charge in [0.1, 0.15) is 0 Å². The second-order valence-corrected chi connectivity index (χ2v) is 5.73. The second kappa shape index (κ2) is 4.39. The maximum absolute atomic E-state index is 5.90.